The summed E-state index contributed by atoms with van der Waals surface area (Å²) >= 11 is 1.64. The number of nitrogens with zero attached hydrogens (tertiary/aromatic N) is 1. The molecule has 1 aromatic heterocycles. The highest BCUT2D eigenvalue weighted by Crippen LogP contribution is 2.38. The standard InChI is InChI=1S/C16H24N2O2S/c1-10-3-2-4-11(9-10)7-8-17-16-18-14-12(15(19)20)5-6-13(14)21-16/h10-12H,2-9H2,1H3,(H,17,18)(H,19,20). The summed E-state index contributed by atoms with van der Waals surface area (Å²) in [6, 6.07) is 0. The van der Waals surface area contributed by atoms with Gasteiger partial charge >= 0.3 is 5.97 Å². The number of hydrogen-bond donors (Lipinski definition) is 2. The molecule has 2 aliphatic carbocycles. The van der Waals surface area contributed by atoms with E-state index in [1.807, 2.05) is 0 Å². The van der Waals surface area contributed by atoms with Crippen LogP contribution in [0.1, 0.15) is 61.9 Å². The summed E-state index contributed by atoms with van der Waals surface area (Å²) in [6.07, 6.45) is 8.27. The van der Waals surface area contributed by atoms with Crippen LogP contribution < -0.4 is 5.32 Å². The van der Waals surface area contributed by atoms with E-state index in [4.69, 9.17) is 0 Å². The second-order valence-electron chi connectivity index (χ2n) is 6.61. The van der Waals surface area contributed by atoms with Crippen LogP contribution in [0.3, 0.4) is 0 Å². The van der Waals surface area contributed by atoms with E-state index < -0.39 is 5.97 Å². The minimum Gasteiger partial charge on any atom is -0.481 e. The van der Waals surface area contributed by atoms with E-state index in [9.17, 15) is 9.90 Å². The maximum Gasteiger partial charge on any atom is 0.312 e. The molecule has 0 spiro atoms. The highest BCUT2D eigenvalue weighted by atomic mass is 32.1. The molecule has 0 aliphatic heterocycles. The van der Waals surface area contributed by atoms with Crippen LogP contribution >= 0.6 is 11.3 Å². The summed E-state index contributed by atoms with van der Waals surface area (Å²) < 4.78 is 0. The van der Waals surface area contributed by atoms with Gasteiger partial charge in [-0.25, -0.2) is 4.98 Å². The van der Waals surface area contributed by atoms with Gasteiger partial charge in [0.25, 0.3) is 0 Å². The van der Waals surface area contributed by atoms with Gasteiger partial charge in [0.15, 0.2) is 5.13 Å². The third-order valence-electron chi connectivity index (χ3n) is 4.89. The van der Waals surface area contributed by atoms with E-state index in [0.717, 1.165) is 40.5 Å². The zero-order valence-corrected chi connectivity index (χ0v) is 13.4. The van der Waals surface area contributed by atoms with Crippen molar-refractivity contribution in [2.24, 2.45) is 11.8 Å². The highest BCUT2D eigenvalue weighted by Gasteiger charge is 2.32. The zero-order valence-electron chi connectivity index (χ0n) is 12.6. The number of thiazole rings is 1. The number of anilines is 1. The summed E-state index contributed by atoms with van der Waals surface area (Å²) in [4.78, 5) is 16.8. The molecule has 0 aromatic carbocycles. The Morgan fingerprint density at radius 3 is 3.05 bits per heavy atom. The van der Waals surface area contributed by atoms with E-state index in [0.29, 0.717) is 6.42 Å². The molecule has 3 rings (SSSR count). The molecule has 2 aliphatic rings. The van der Waals surface area contributed by atoms with Crippen LogP contribution in [-0.4, -0.2) is 22.6 Å². The van der Waals surface area contributed by atoms with Crippen LogP contribution in [-0.2, 0) is 11.2 Å². The maximum atomic E-state index is 11.2. The number of rotatable bonds is 5. The molecule has 1 aromatic rings. The van der Waals surface area contributed by atoms with Gasteiger partial charge in [-0.3, -0.25) is 4.79 Å². The molecule has 3 unspecified atom stereocenters. The second-order valence-corrected chi connectivity index (χ2v) is 7.69. The Balaban J connectivity index is 1.50. The fourth-order valence-corrected chi connectivity index (χ4v) is 4.81. The summed E-state index contributed by atoms with van der Waals surface area (Å²) in [6.45, 7) is 3.32. The predicted octanol–water partition coefficient (Wildman–Crippen LogP) is 3.89. The Bertz CT molecular complexity index is 514. The Hall–Kier alpha value is -1.10. The number of carboxylic acid groups (broad SMARTS) is 1. The first-order valence-electron chi connectivity index (χ1n) is 8.09. The summed E-state index contributed by atoms with van der Waals surface area (Å²) in [5, 5.41) is 13.5. The summed E-state index contributed by atoms with van der Waals surface area (Å²) in [5.41, 5.74) is 0.807. The quantitative estimate of drug-likeness (QED) is 0.866. The van der Waals surface area contributed by atoms with Crippen LogP contribution in [0.15, 0.2) is 0 Å². The van der Waals surface area contributed by atoms with Gasteiger partial charge < -0.3 is 10.4 Å². The van der Waals surface area contributed by atoms with Crippen molar-refractivity contribution in [1.82, 2.24) is 4.98 Å². The number of nitrogens with one attached hydrogen (secondary N) is 1. The Morgan fingerprint density at radius 2 is 2.29 bits per heavy atom. The van der Waals surface area contributed by atoms with Gasteiger partial charge in [-0.05, 0) is 37.5 Å². The lowest BCUT2D eigenvalue weighted by Crippen LogP contribution is -2.16. The molecule has 0 amide bonds. The first-order chi connectivity index (χ1) is 10.1. The number of hydrogen-bond acceptors (Lipinski definition) is 4. The molecule has 0 bridgehead atoms. The summed E-state index contributed by atoms with van der Waals surface area (Å²) in [7, 11) is 0. The van der Waals surface area contributed by atoms with Gasteiger partial charge in [-0.15, -0.1) is 11.3 Å². The third kappa shape index (κ3) is 3.39. The number of carbonyl (C=O) groups is 1. The average molecular weight is 308 g/mol. The van der Waals surface area contributed by atoms with E-state index >= 15 is 0 Å². The molecule has 2 N–H and O–H groups in total. The third-order valence-corrected chi connectivity index (χ3v) is 5.98. The van der Waals surface area contributed by atoms with E-state index in [-0.39, 0.29) is 5.92 Å². The lowest BCUT2D eigenvalue weighted by atomic mass is 9.81. The number of aromatic nitrogens is 1. The van der Waals surface area contributed by atoms with Crippen molar-refractivity contribution in [1.29, 1.82) is 0 Å². The molecular weight excluding hydrogens is 284 g/mol. The minimum atomic E-state index is -0.734. The number of aryl methyl sites for hydroxylation is 1. The molecule has 0 saturated heterocycles. The monoisotopic (exact) mass is 308 g/mol. The minimum absolute atomic E-state index is 0.383. The SMILES string of the molecule is CC1CCCC(CCNc2nc3c(s2)CCC3C(=O)O)C1. The van der Waals surface area contributed by atoms with E-state index in [1.165, 1.54) is 32.1 Å². The van der Waals surface area contributed by atoms with E-state index in [2.05, 4.69) is 17.2 Å². The lowest BCUT2D eigenvalue weighted by Gasteiger charge is -2.26. The Labute approximate surface area is 130 Å². The fourth-order valence-electron chi connectivity index (χ4n) is 3.75. The van der Waals surface area contributed by atoms with Crippen molar-refractivity contribution in [2.75, 3.05) is 11.9 Å². The van der Waals surface area contributed by atoms with Crippen molar-refractivity contribution < 1.29 is 9.90 Å². The topological polar surface area (TPSA) is 62.2 Å². The molecule has 21 heavy (non-hydrogen) atoms. The van der Waals surface area contributed by atoms with Crippen molar-refractivity contribution in [3.8, 4) is 0 Å². The molecule has 5 heteroatoms. The zero-order chi connectivity index (χ0) is 14.8. The van der Waals surface area contributed by atoms with Gasteiger partial charge in [-0.1, -0.05) is 26.2 Å². The highest BCUT2D eigenvalue weighted by molar-refractivity contribution is 7.15. The molecule has 1 heterocycles. The largest absolute Gasteiger partial charge is 0.481 e. The van der Waals surface area contributed by atoms with Gasteiger partial charge in [0, 0.05) is 11.4 Å². The van der Waals surface area contributed by atoms with Gasteiger partial charge in [0.2, 0.25) is 0 Å². The fraction of sp³-hybridized carbons (Fsp3) is 0.750. The number of fused-ring (bicyclic) bond motifs is 1. The first-order valence-corrected chi connectivity index (χ1v) is 8.91. The number of aliphatic carboxylic acids is 1. The molecule has 1 fully saturated rings. The second kappa shape index (κ2) is 6.34. The summed E-state index contributed by atoms with van der Waals surface area (Å²) in [5.74, 6) is 0.608. The van der Waals surface area contributed by atoms with Crippen LogP contribution in [0.5, 0.6) is 0 Å². The van der Waals surface area contributed by atoms with Crippen LogP contribution in [0.4, 0.5) is 5.13 Å². The Kier molecular flexibility index (Phi) is 4.48. The normalized spacial score (nSPS) is 28.3. The smallest absolute Gasteiger partial charge is 0.312 e. The van der Waals surface area contributed by atoms with Gasteiger partial charge in [0.05, 0.1) is 5.69 Å². The van der Waals surface area contributed by atoms with E-state index in [1.54, 1.807) is 11.3 Å². The first kappa shape index (κ1) is 14.8. The van der Waals surface area contributed by atoms with Crippen LogP contribution in [0.2, 0.25) is 0 Å². The van der Waals surface area contributed by atoms with Crippen molar-refractivity contribution >= 4 is 22.4 Å². The van der Waals surface area contributed by atoms with Gasteiger partial charge in [0.1, 0.15) is 5.92 Å². The van der Waals surface area contributed by atoms with Gasteiger partial charge in [-0.2, -0.15) is 0 Å². The van der Waals surface area contributed by atoms with Crippen LogP contribution in [0, 0.1) is 11.8 Å². The molecule has 4 nitrogen and oxygen atoms in total. The number of carboxylic acids is 1. The average Bonchev–Trinajstić information content (AvgIpc) is 2.98. The molecule has 0 radical (unpaired) electrons. The van der Waals surface area contributed by atoms with Crippen LogP contribution in [0.25, 0.3) is 0 Å². The van der Waals surface area contributed by atoms with Crippen molar-refractivity contribution in [2.45, 2.75) is 57.8 Å². The van der Waals surface area contributed by atoms with Crippen molar-refractivity contribution in [3.63, 3.8) is 0 Å². The lowest BCUT2D eigenvalue weighted by molar-refractivity contribution is -0.138. The Morgan fingerprint density at radius 1 is 1.43 bits per heavy atom. The molecule has 1 saturated carbocycles. The predicted molar refractivity (Wildman–Crippen MR) is 85.0 cm³/mol. The maximum absolute atomic E-state index is 11.2. The molecular formula is C16H24N2O2S. The molecule has 116 valence electrons. The molecule has 3 atom stereocenters. The van der Waals surface area contributed by atoms with Crippen molar-refractivity contribution in [3.05, 3.63) is 10.6 Å².